The van der Waals surface area contributed by atoms with Gasteiger partial charge in [-0.2, -0.15) is 0 Å². The van der Waals surface area contributed by atoms with Crippen molar-refractivity contribution in [2.24, 2.45) is 0 Å². The Balaban J connectivity index is 2.66. The zero-order valence-electron chi connectivity index (χ0n) is 9.28. The number of nitrogens with two attached hydrogens (primary N) is 1. The van der Waals surface area contributed by atoms with Crippen molar-refractivity contribution >= 4 is 23.1 Å². The lowest BCUT2D eigenvalue weighted by Crippen LogP contribution is -2.25. The van der Waals surface area contributed by atoms with Crippen molar-refractivity contribution in [3.8, 4) is 0 Å². The number of hydrogen-bond donors (Lipinski definition) is 3. The maximum absolute atomic E-state index is 9.19. The number of hydrogen-bond acceptors (Lipinski definition) is 5. The van der Waals surface area contributed by atoms with Crippen LogP contribution in [0, 0.1) is 0 Å². The van der Waals surface area contributed by atoms with Crippen LogP contribution < -0.4 is 11.1 Å². The van der Waals surface area contributed by atoms with Gasteiger partial charge < -0.3 is 16.2 Å². The zero-order valence-corrected chi connectivity index (χ0v) is 10.0. The highest BCUT2D eigenvalue weighted by Gasteiger charge is 2.11. The highest BCUT2D eigenvalue weighted by atomic mass is 35.5. The second-order valence-corrected chi connectivity index (χ2v) is 3.95. The molecule has 16 heavy (non-hydrogen) atoms. The molecular weight excluding hydrogens is 228 g/mol. The number of aromatic nitrogens is 2. The number of nitrogens with zero attached hydrogens (tertiary/aromatic N) is 2. The van der Waals surface area contributed by atoms with E-state index in [0.717, 1.165) is 19.3 Å². The van der Waals surface area contributed by atoms with Gasteiger partial charge in [0.1, 0.15) is 12.0 Å². The minimum Gasteiger partial charge on any atom is -0.394 e. The second kappa shape index (κ2) is 6.50. The van der Waals surface area contributed by atoms with Gasteiger partial charge in [0.25, 0.3) is 0 Å². The Morgan fingerprint density at radius 2 is 2.31 bits per heavy atom. The first-order chi connectivity index (χ1) is 7.69. The van der Waals surface area contributed by atoms with E-state index in [1.165, 1.54) is 6.33 Å². The summed E-state index contributed by atoms with van der Waals surface area (Å²) in [5, 5.41) is 12.5. The first-order valence-electron chi connectivity index (χ1n) is 5.32. The third-order valence-corrected chi connectivity index (χ3v) is 2.60. The molecule has 1 atom stereocenters. The molecule has 0 aromatic carbocycles. The molecule has 0 spiro atoms. The largest absolute Gasteiger partial charge is 0.394 e. The minimum absolute atomic E-state index is 0.0427. The third-order valence-electron chi connectivity index (χ3n) is 2.30. The van der Waals surface area contributed by atoms with E-state index >= 15 is 0 Å². The Kier molecular flexibility index (Phi) is 5.28. The van der Waals surface area contributed by atoms with Crippen molar-refractivity contribution in [1.82, 2.24) is 9.97 Å². The molecule has 0 aliphatic heterocycles. The summed E-state index contributed by atoms with van der Waals surface area (Å²) in [7, 11) is 0. The van der Waals surface area contributed by atoms with Gasteiger partial charge >= 0.3 is 0 Å². The average molecular weight is 245 g/mol. The quantitative estimate of drug-likeness (QED) is 0.663. The molecule has 0 bridgehead atoms. The minimum atomic E-state index is -0.0479. The number of aliphatic hydroxyl groups excluding tert-OH is 1. The molecule has 5 nitrogen and oxygen atoms in total. The molecule has 90 valence electrons. The van der Waals surface area contributed by atoms with Crippen LogP contribution in [-0.2, 0) is 0 Å². The van der Waals surface area contributed by atoms with Crippen LogP contribution in [0.4, 0.5) is 11.5 Å². The normalized spacial score (nSPS) is 12.4. The number of nitrogens with one attached hydrogen (secondary N) is 1. The molecule has 0 fully saturated rings. The van der Waals surface area contributed by atoms with E-state index in [9.17, 15) is 5.11 Å². The van der Waals surface area contributed by atoms with Gasteiger partial charge in [0.05, 0.1) is 12.6 Å². The topological polar surface area (TPSA) is 84.1 Å². The van der Waals surface area contributed by atoms with Crippen LogP contribution in [0.1, 0.15) is 26.2 Å². The summed E-state index contributed by atoms with van der Waals surface area (Å²) in [5.41, 5.74) is 6.03. The molecular formula is C10H17ClN4O. The van der Waals surface area contributed by atoms with Crippen molar-refractivity contribution in [3.63, 3.8) is 0 Å². The van der Waals surface area contributed by atoms with Gasteiger partial charge in [0, 0.05) is 0 Å². The lowest BCUT2D eigenvalue weighted by atomic mass is 10.1. The number of rotatable bonds is 6. The van der Waals surface area contributed by atoms with Crippen molar-refractivity contribution in [2.45, 2.75) is 32.2 Å². The predicted octanol–water partition coefficient (Wildman–Crippen LogP) is 1.68. The molecule has 1 aromatic heterocycles. The van der Waals surface area contributed by atoms with Crippen LogP contribution in [0.15, 0.2) is 6.33 Å². The molecule has 0 radical (unpaired) electrons. The van der Waals surface area contributed by atoms with Crippen molar-refractivity contribution < 1.29 is 5.11 Å². The van der Waals surface area contributed by atoms with Gasteiger partial charge in [-0.25, -0.2) is 9.97 Å². The Hall–Kier alpha value is -1.07. The van der Waals surface area contributed by atoms with Crippen molar-refractivity contribution in [1.29, 1.82) is 0 Å². The molecule has 0 aliphatic rings. The number of unbranched alkanes of at least 4 members (excludes halogenated alkanes) is 1. The standard InChI is InChI=1S/C10H17ClN4O/c1-2-3-4-7(5-16)15-10-8(12)9(11)13-6-14-10/h6-7,16H,2-5,12H2,1H3,(H,13,14,15). The molecule has 1 heterocycles. The van der Waals surface area contributed by atoms with E-state index in [2.05, 4.69) is 22.2 Å². The Morgan fingerprint density at radius 1 is 1.56 bits per heavy atom. The fourth-order valence-corrected chi connectivity index (χ4v) is 1.48. The first-order valence-corrected chi connectivity index (χ1v) is 5.70. The Labute approximate surface area is 100 Å². The van der Waals surface area contributed by atoms with Gasteiger partial charge in [0.15, 0.2) is 11.0 Å². The van der Waals surface area contributed by atoms with E-state index in [-0.39, 0.29) is 17.8 Å². The number of nitrogen functional groups attached to an aromatic ring is 1. The van der Waals surface area contributed by atoms with Gasteiger partial charge in [-0.15, -0.1) is 0 Å². The van der Waals surface area contributed by atoms with Crippen LogP contribution in [0.5, 0.6) is 0 Å². The van der Waals surface area contributed by atoms with Crippen LogP contribution >= 0.6 is 11.6 Å². The fraction of sp³-hybridized carbons (Fsp3) is 0.600. The summed E-state index contributed by atoms with van der Waals surface area (Å²) in [6, 6.07) is -0.0479. The van der Waals surface area contributed by atoms with Crippen LogP contribution in [0.2, 0.25) is 5.15 Å². The van der Waals surface area contributed by atoms with Gasteiger partial charge in [0.2, 0.25) is 0 Å². The summed E-state index contributed by atoms with van der Waals surface area (Å²) in [5.74, 6) is 0.482. The molecule has 0 amide bonds. The van der Waals surface area contributed by atoms with Crippen LogP contribution in [-0.4, -0.2) is 27.7 Å². The lowest BCUT2D eigenvalue weighted by molar-refractivity contribution is 0.267. The summed E-state index contributed by atoms with van der Waals surface area (Å²) < 4.78 is 0. The fourth-order valence-electron chi connectivity index (χ4n) is 1.34. The number of halogens is 1. The zero-order chi connectivity index (χ0) is 12.0. The van der Waals surface area contributed by atoms with Gasteiger partial charge in [-0.1, -0.05) is 31.4 Å². The van der Waals surface area contributed by atoms with E-state index in [4.69, 9.17) is 17.3 Å². The Bertz CT molecular complexity index is 335. The predicted molar refractivity (Wildman–Crippen MR) is 65.5 cm³/mol. The lowest BCUT2D eigenvalue weighted by Gasteiger charge is -2.17. The molecule has 6 heteroatoms. The van der Waals surface area contributed by atoms with E-state index in [0.29, 0.717) is 11.5 Å². The number of anilines is 2. The first kappa shape index (κ1) is 13.0. The summed E-state index contributed by atoms with van der Waals surface area (Å²) in [4.78, 5) is 7.75. The van der Waals surface area contributed by atoms with Gasteiger partial charge in [-0.05, 0) is 6.42 Å². The highest BCUT2D eigenvalue weighted by molar-refractivity contribution is 6.32. The van der Waals surface area contributed by atoms with E-state index in [1.54, 1.807) is 0 Å². The summed E-state index contributed by atoms with van der Waals surface area (Å²) >= 11 is 5.77. The molecule has 0 saturated heterocycles. The van der Waals surface area contributed by atoms with Gasteiger partial charge in [-0.3, -0.25) is 0 Å². The monoisotopic (exact) mass is 244 g/mol. The van der Waals surface area contributed by atoms with Crippen LogP contribution in [0.25, 0.3) is 0 Å². The van der Waals surface area contributed by atoms with Crippen LogP contribution in [0.3, 0.4) is 0 Å². The van der Waals surface area contributed by atoms with E-state index in [1.807, 2.05) is 0 Å². The summed E-state index contributed by atoms with van der Waals surface area (Å²) in [6.07, 6.45) is 4.33. The smallest absolute Gasteiger partial charge is 0.157 e. The van der Waals surface area contributed by atoms with E-state index < -0.39 is 0 Å². The SMILES string of the molecule is CCCCC(CO)Nc1ncnc(Cl)c1N. The second-order valence-electron chi connectivity index (χ2n) is 3.59. The molecule has 1 unspecified atom stereocenters. The summed E-state index contributed by atoms with van der Waals surface area (Å²) in [6.45, 7) is 2.14. The highest BCUT2D eigenvalue weighted by Crippen LogP contribution is 2.23. The third kappa shape index (κ3) is 3.50. The Morgan fingerprint density at radius 3 is 2.94 bits per heavy atom. The number of aliphatic hydroxyl groups is 1. The molecule has 1 aromatic rings. The maximum atomic E-state index is 9.19. The van der Waals surface area contributed by atoms with Crippen molar-refractivity contribution in [3.05, 3.63) is 11.5 Å². The van der Waals surface area contributed by atoms with Crippen molar-refractivity contribution in [2.75, 3.05) is 17.7 Å². The average Bonchev–Trinajstić information content (AvgIpc) is 2.30. The molecule has 0 saturated carbocycles. The molecule has 1 rings (SSSR count). The molecule has 4 N–H and O–H groups in total. The molecule has 0 aliphatic carbocycles. The maximum Gasteiger partial charge on any atom is 0.157 e.